The van der Waals surface area contributed by atoms with Gasteiger partial charge in [-0.3, -0.25) is 9.52 Å². The van der Waals surface area contributed by atoms with Gasteiger partial charge in [-0.05, 0) is 74.0 Å². The minimum Gasteiger partial charge on any atom is -0.494 e. The van der Waals surface area contributed by atoms with Crippen molar-refractivity contribution in [1.29, 1.82) is 0 Å². The number of hydrogen-bond acceptors (Lipinski definition) is 5. The van der Waals surface area contributed by atoms with E-state index in [2.05, 4.69) is 15.0 Å². The van der Waals surface area contributed by atoms with E-state index in [1.54, 1.807) is 42.6 Å². The number of hydrogen-bond donors (Lipinski definition) is 2. The first-order valence-corrected chi connectivity index (χ1v) is 10.9. The lowest BCUT2D eigenvalue weighted by Gasteiger charge is -2.11. The van der Waals surface area contributed by atoms with Crippen LogP contribution >= 0.6 is 11.6 Å². The lowest BCUT2D eigenvalue weighted by Crippen LogP contribution is -2.17. The number of nitrogens with one attached hydrogen (secondary N) is 2. The van der Waals surface area contributed by atoms with Gasteiger partial charge in [-0.2, -0.15) is 0 Å². The average Bonchev–Trinajstić information content (AvgIpc) is 2.69. The van der Waals surface area contributed by atoms with Crippen LogP contribution in [0.4, 0.5) is 11.5 Å². The Labute approximate surface area is 180 Å². The van der Waals surface area contributed by atoms with Crippen molar-refractivity contribution in [1.82, 2.24) is 4.98 Å². The number of carbonyl (C=O) groups is 1. The molecule has 2 aromatic carbocycles. The predicted molar refractivity (Wildman–Crippen MR) is 117 cm³/mol. The molecule has 1 heterocycles. The highest BCUT2D eigenvalue weighted by molar-refractivity contribution is 7.92. The van der Waals surface area contributed by atoms with Crippen LogP contribution < -0.4 is 14.8 Å². The number of amides is 1. The summed E-state index contributed by atoms with van der Waals surface area (Å²) in [6, 6.07) is 13.9. The lowest BCUT2D eigenvalue weighted by atomic mass is 10.2. The Morgan fingerprint density at radius 3 is 2.50 bits per heavy atom. The largest absolute Gasteiger partial charge is 0.494 e. The van der Waals surface area contributed by atoms with Gasteiger partial charge in [0.2, 0.25) is 0 Å². The first-order chi connectivity index (χ1) is 14.3. The summed E-state index contributed by atoms with van der Waals surface area (Å²) >= 11 is 6.14. The molecule has 9 heteroatoms. The van der Waals surface area contributed by atoms with Gasteiger partial charge >= 0.3 is 0 Å². The van der Waals surface area contributed by atoms with Gasteiger partial charge in [0, 0.05) is 11.9 Å². The van der Waals surface area contributed by atoms with E-state index >= 15 is 0 Å². The van der Waals surface area contributed by atoms with E-state index in [4.69, 9.17) is 16.3 Å². The number of rotatable bonds is 7. The van der Waals surface area contributed by atoms with Crippen molar-refractivity contribution >= 4 is 39.0 Å². The molecule has 0 aliphatic carbocycles. The molecule has 30 heavy (non-hydrogen) atoms. The quantitative estimate of drug-likeness (QED) is 0.558. The van der Waals surface area contributed by atoms with E-state index in [0.29, 0.717) is 23.9 Å². The summed E-state index contributed by atoms with van der Waals surface area (Å²) in [5.41, 5.74) is 1.31. The number of ether oxygens (including phenoxy) is 1. The fourth-order valence-electron chi connectivity index (χ4n) is 2.63. The summed E-state index contributed by atoms with van der Waals surface area (Å²) < 4.78 is 33.4. The van der Waals surface area contributed by atoms with Gasteiger partial charge in [0.1, 0.15) is 11.6 Å². The number of aromatic nitrogens is 1. The maximum atomic E-state index is 12.8. The molecule has 1 aromatic heterocycles. The van der Waals surface area contributed by atoms with Crippen molar-refractivity contribution in [2.75, 3.05) is 16.6 Å². The van der Waals surface area contributed by atoms with Crippen molar-refractivity contribution in [3.63, 3.8) is 0 Å². The highest BCUT2D eigenvalue weighted by Gasteiger charge is 2.19. The summed E-state index contributed by atoms with van der Waals surface area (Å²) in [5, 5.41) is 2.75. The van der Waals surface area contributed by atoms with Crippen molar-refractivity contribution in [3.8, 4) is 5.75 Å². The van der Waals surface area contributed by atoms with Gasteiger partial charge in [0.15, 0.2) is 0 Å². The van der Waals surface area contributed by atoms with Crippen LogP contribution in [0.1, 0.15) is 22.8 Å². The molecule has 1 amide bonds. The number of aryl methyl sites for hydroxylation is 1. The smallest absolute Gasteiger partial charge is 0.261 e. The molecule has 7 nitrogen and oxygen atoms in total. The summed E-state index contributed by atoms with van der Waals surface area (Å²) in [5.74, 6) is 0.420. The fourth-order valence-corrected chi connectivity index (χ4v) is 3.92. The molecule has 0 saturated heterocycles. The van der Waals surface area contributed by atoms with E-state index in [0.717, 1.165) is 5.56 Å². The van der Waals surface area contributed by atoms with Gasteiger partial charge in [-0.1, -0.05) is 11.6 Å². The zero-order valence-corrected chi connectivity index (χ0v) is 17.9. The highest BCUT2D eigenvalue weighted by Crippen LogP contribution is 2.24. The number of halogens is 1. The minimum atomic E-state index is -3.94. The van der Waals surface area contributed by atoms with Crippen molar-refractivity contribution < 1.29 is 17.9 Å². The molecule has 0 fully saturated rings. The van der Waals surface area contributed by atoms with E-state index in [1.165, 1.54) is 18.2 Å². The predicted octanol–water partition coefficient (Wildman–Crippen LogP) is 4.50. The normalized spacial score (nSPS) is 11.0. The SMILES string of the molecule is CCOc1ccc(NS(=O)(=O)c2ccc(Cl)c(C(=O)Nc3cc(C)ccn3)c2)cc1. The van der Waals surface area contributed by atoms with Crippen molar-refractivity contribution in [2.45, 2.75) is 18.7 Å². The molecular formula is C21H20ClN3O4S. The second-order valence-corrected chi connectivity index (χ2v) is 8.47. The monoisotopic (exact) mass is 445 g/mol. The number of carbonyl (C=O) groups excluding carboxylic acids is 1. The molecule has 0 aliphatic rings. The van der Waals surface area contributed by atoms with Gasteiger partial charge in [0.25, 0.3) is 15.9 Å². The maximum Gasteiger partial charge on any atom is 0.261 e. The highest BCUT2D eigenvalue weighted by atomic mass is 35.5. The topological polar surface area (TPSA) is 97.4 Å². The number of anilines is 2. The molecule has 0 atom stereocenters. The molecular weight excluding hydrogens is 426 g/mol. The average molecular weight is 446 g/mol. The van der Waals surface area contributed by atoms with Crippen LogP contribution in [0.15, 0.2) is 65.7 Å². The zero-order chi connectivity index (χ0) is 21.7. The Balaban J connectivity index is 1.83. The molecule has 0 saturated carbocycles. The summed E-state index contributed by atoms with van der Waals surface area (Å²) in [6.07, 6.45) is 1.56. The van der Waals surface area contributed by atoms with Crippen LogP contribution in [-0.4, -0.2) is 25.9 Å². The Hall–Kier alpha value is -3.10. The number of nitrogens with zero attached hydrogens (tertiary/aromatic N) is 1. The molecule has 0 spiro atoms. The van der Waals surface area contributed by atoms with Crippen LogP contribution in [0.5, 0.6) is 5.75 Å². The summed E-state index contributed by atoms with van der Waals surface area (Å²) in [6.45, 7) is 4.24. The third kappa shape index (κ3) is 5.28. The van der Waals surface area contributed by atoms with E-state index in [-0.39, 0.29) is 15.5 Å². The Morgan fingerprint density at radius 2 is 1.83 bits per heavy atom. The zero-order valence-electron chi connectivity index (χ0n) is 16.3. The van der Waals surface area contributed by atoms with E-state index in [9.17, 15) is 13.2 Å². The molecule has 3 aromatic rings. The van der Waals surface area contributed by atoms with Gasteiger partial charge in [0.05, 0.1) is 22.1 Å². The second-order valence-electron chi connectivity index (χ2n) is 6.38. The first-order valence-electron chi connectivity index (χ1n) is 9.08. The lowest BCUT2D eigenvalue weighted by molar-refractivity contribution is 0.102. The Morgan fingerprint density at radius 1 is 1.10 bits per heavy atom. The molecule has 2 N–H and O–H groups in total. The van der Waals surface area contributed by atoms with Gasteiger partial charge in [-0.25, -0.2) is 13.4 Å². The molecule has 0 bridgehead atoms. The molecule has 0 radical (unpaired) electrons. The first kappa shape index (κ1) is 21.6. The molecule has 3 rings (SSSR count). The summed E-state index contributed by atoms with van der Waals surface area (Å²) in [4.78, 5) is 16.6. The van der Waals surface area contributed by atoms with Gasteiger partial charge in [-0.15, -0.1) is 0 Å². The molecule has 0 unspecified atom stereocenters. The third-order valence-corrected chi connectivity index (χ3v) is 5.78. The number of benzene rings is 2. The van der Waals surface area contributed by atoms with Gasteiger partial charge < -0.3 is 10.1 Å². The molecule has 0 aliphatic heterocycles. The minimum absolute atomic E-state index is 0.0227. The standard InChI is InChI=1S/C21H20ClN3O4S/c1-3-29-16-6-4-15(5-7-16)25-30(27,28)17-8-9-19(22)18(13-17)21(26)24-20-12-14(2)10-11-23-20/h4-13,25H,3H2,1-2H3,(H,23,24,26). The number of sulfonamides is 1. The number of pyridine rings is 1. The van der Waals surface area contributed by atoms with Crippen LogP contribution in [0.3, 0.4) is 0 Å². The molecule has 156 valence electrons. The van der Waals surface area contributed by atoms with Crippen LogP contribution in [0, 0.1) is 6.92 Å². The Bertz CT molecular complexity index is 1170. The third-order valence-electron chi connectivity index (χ3n) is 4.07. The Kier molecular flexibility index (Phi) is 6.59. The van der Waals surface area contributed by atoms with Crippen LogP contribution in [0.25, 0.3) is 0 Å². The summed E-state index contributed by atoms with van der Waals surface area (Å²) in [7, 11) is -3.94. The van der Waals surface area contributed by atoms with Crippen molar-refractivity contribution in [3.05, 3.63) is 76.9 Å². The van der Waals surface area contributed by atoms with E-state index < -0.39 is 15.9 Å². The van der Waals surface area contributed by atoms with Crippen LogP contribution in [0.2, 0.25) is 5.02 Å². The maximum absolute atomic E-state index is 12.8. The van der Waals surface area contributed by atoms with Crippen LogP contribution in [-0.2, 0) is 10.0 Å². The van der Waals surface area contributed by atoms with E-state index in [1.807, 2.05) is 13.8 Å². The van der Waals surface area contributed by atoms with Crippen molar-refractivity contribution in [2.24, 2.45) is 0 Å². The fraction of sp³-hybridized carbons (Fsp3) is 0.143. The second kappa shape index (κ2) is 9.15.